The molecular formula is C40H30F8. The maximum atomic E-state index is 15.1. The molecule has 0 fully saturated rings. The van der Waals surface area contributed by atoms with Crippen molar-refractivity contribution < 1.29 is 35.1 Å². The van der Waals surface area contributed by atoms with Crippen molar-refractivity contribution in [2.75, 3.05) is 0 Å². The van der Waals surface area contributed by atoms with Gasteiger partial charge >= 0.3 is 0 Å². The molecule has 5 aromatic rings. The fraction of sp³-hybridized carbons (Fsp3) is 0.150. The first-order valence-electron chi connectivity index (χ1n) is 15.3. The van der Waals surface area contributed by atoms with Crippen molar-refractivity contribution in [2.45, 2.75) is 38.5 Å². The Morgan fingerprint density at radius 3 is 1.65 bits per heavy atom. The maximum absolute atomic E-state index is 15.1. The van der Waals surface area contributed by atoms with Crippen molar-refractivity contribution in [2.24, 2.45) is 0 Å². The second-order valence-electron chi connectivity index (χ2n) is 11.4. The molecule has 48 heavy (non-hydrogen) atoms. The van der Waals surface area contributed by atoms with Crippen LogP contribution in [0.5, 0.6) is 0 Å². The van der Waals surface area contributed by atoms with Gasteiger partial charge in [-0.25, -0.2) is 35.1 Å². The summed E-state index contributed by atoms with van der Waals surface area (Å²) < 4.78 is 114. The Morgan fingerprint density at radius 2 is 1.08 bits per heavy atom. The molecule has 0 aromatic heterocycles. The predicted molar refractivity (Wildman–Crippen MR) is 174 cm³/mol. The van der Waals surface area contributed by atoms with Crippen molar-refractivity contribution in [3.05, 3.63) is 161 Å². The van der Waals surface area contributed by atoms with E-state index in [1.54, 1.807) is 42.5 Å². The standard InChI is InChI=1S/C40H30F8/c1-2-3-4-5-6-33(41)39(47)28-15-13-26(14-16-28)25-9-11-27(12-10-25)29-20-35(43)32(36(44)21-29)18-8-24-7-17-31(34(42)19-24)30-22-37(45)40(48)38(46)23-30/h2,7,9-17,19-23H,1,3-6,8,18H2. The van der Waals surface area contributed by atoms with Crippen LogP contribution in [0.3, 0.4) is 0 Å². The molecule has 0 aliphatic heterocycles. The zero-order chi connectivity index (χ0) is 34.4. The summed E-state index contributed by atoms with van der Waals surface area (Å²) in [6, 6.07) is 20.9. The molecule has 0 aliphatic carbocycles. The molecule has 0 N–H and O–H groups in total. The van der Waals surface area contributed by atoms with Gasteiger partial charge in [0.15, 0.2) is 23.3 Å². The Morgan fingerprint density at radius 1 is 0.542 bits per heavy atom. The van der Waals surface area contributed by atoms with Gasteiger partial charge in [-0.05, 0) is 95.8 Å². The number of benzene rings is 5. The molecule has 0 spiro atoms. The zero-order valence-electron chi connectivity index (χ0n) is 25.7. The van der Waals surface area contributed by atoms with E-state index in [0.29, 0.717) is 35.2 Å². The van der Waals surface area contributed by atoms with Crippen LogP contribution in [0, 0.1) is 34.9 Å². The number of halogens is 8. The summed E-state index contributed by atoms with van der Waals surface area (Å²) in [4.78, 5) is 0. The normalized spacial score (nSPS) is 11.8. The Kier molecular flexibility index (Phi) is 10.9. The average Bonchev–Trinajstić information content (AvgIpc) is 3.08. The van der Waals surface area contributed by atoms with Gasteiger partial charge in [0.25, 0.3) is 0 Å². The number of hydrogen-bond acceptors (Lipinski definition) is 0. The molecule has 5 aromatic carbocycles. The van der Waals surface area contributed by atoms with E-state index < -0.39 is 46.6 Å². The van der Waals surface area contributed by atoms with E-state index in [2.05, 4.69) is 6.58 Å². The van der Waals surface area contributed by atoms with Crippen LogP contribution in [-0.2, 0) is 12.8 Å². The number of rotatable bonds is 12. The summed E-state index contributed by atoms with van der Waals surface area (Å²) >= 11 is 0. The molecule has 0 aliphatic rings. The summed E-state index contributed by atoms with van der Waals surface area (Å²) in [7, 11) is 0. The summed E-state index contributed by atoms with van der Waals surface area (Å²) in [6.07, 6.45) is 3.76. The fourth-order valence-electron chi connectivity index (χ4n) is 5.44. The van der Waals surface area contributed by atoms with Gasteiger partial charge in [-0.2, -0.15) is 0 Å². The molecule has 0 nitrogen and oxygen atoms in total. The lowest BCUT2D eigenvalue weighted by atomic mass is 9.96. The monoisotopic (exact) mass is 662 g/mol. The predicted octanol–water partition coefficient (Wildman–Crippen LogP) is 12.7. The smallest absolute Gasteiger partial charge is 0.194 e. The second-order valence-corrected chi connectivity index (χ2v) is 11.4. The van der Waals surface area contributed by atoms with Gasteiger partial charge in [-0.1, -0.05) is 66.7 Å². The van der Waals surface area contributed by atoms with E-state index in [-0.39, 0.29) is 41.5 Å². The van der Waals surface area contributed by atoms with Crippen LogP contribution in [0.25, 0.3) is 39.2 Å². The van der Waals surface area contributed by atoms with Gasteiger partial charge in [-0.3, -0.25) is 0 Å². The van der Waals surface area contributed by atoms with Crippen LogP contribution in [0.1, 0.15) is 42.4 Å². The fourth-order valence-corrected chi connectivity index (χ4v) is 5.44. The van der Waals surface area contributed by atoms with E-state index in [4.69, 9.17) is 0 Å². The lowest BCUT2D eigenvalue weighted by Gasteiger charge is -2.11. The number of hydrogen-bond donors (Lipinski definition) is 0. The Hall–Kier alpha value is -4.98. The molecule has 246 valence electrons. The van der Waals surface area contributed by atoms with Crippen LogP contribution in [0.4, 0.5) is 35.1 Å². The lowest BCUT2D eigenvalue weighted by Crippen LogP contribution is -2.01. The highest BCUT2D eigenvalue weighted by Crippen LogP contribution is 2.31. The van der Waals surface area contributed by atoms with Crippen molar-refractivity contribution in [1.29, 1.82) is 0 Å². The molecule has 0 unspecified atom stereocenters. The van der Waals surface area contributed by atoms with E-state index >= 15 is 8.78 Å². The average molecular weight is 663 g/mol. The van der Waals surface area contributed by atoms with Gasteiger partial charge in [0.05, 0.1) is 0 Å². The molecule has 8 heteroatoms. The first kappa shape index (κ1) is 34.4. The number of unbranched alkanes of at least 4 members (excludes halogenated alkanes) is 2. The van der Waals surface area contributed by atoms with Gasteiger partial charge in [0.1, 0.15) is 23.3 Å². The van der Waals surface area contributed by atoms with Gasteiger partial charge in [0, 0.05) is 23.1 Å². The highest BCUT2D eigenvalue weighted by molar-refractivity contribution is 5.72. The van der Waals surface area contributed by atoms with E-state index in [1.807, 2.05) is 0 Å². The highest BCUT2D eigenvalue weighted by atomic mass is 19.2. The SMILES string of the molecule is C=CCCCCC(F)=C(F)c1ccc(-c2ccc(-c3cc(F)c(CCc4ccc(-c5cc(F)c(F)c(F)c5)c(F)c4)c(F)c3)cc2)cc1. The lowest BCUT2D eigenvalue weighted by molar-refractivity contribution is 0.447. The van der Waals surface area contributed by atoms with Crippen LogP contribution < -0.4 is 0 Å². The molecular weight excluding hydrogens is 632 g/mol. The molecule has 0 saturated heterocycles. The third-order valence-electron chi connectivity index (χ3n) is 8.12. The number of allylic oxidation sites excluding steroid dienone is 2. The minimum absolute atomic E-state index is 0.0209. The molecule has 0 radical (unpaired) electrons. The van der Waals surface area contributed by atoms with Crippen LogP contribution in [0.2, 0.25) is 0 Å². The van der Waals surface area contributed by atoms with Crippen molar-refractivity contribution >= 4 is 5.83 Å². The quantitative estimate of drug-likeness (QED) is 0.0540. The summed E-state index contributed by atoms with van der Waals surface area (Å²) in [6.45, 7) is 3.61. The summed E-state index contributed by atoms with van der Waals surface area (Å²) in [5, 5.41) is 0. The first-order chi connectivity index (χ1) is 23.0. The van der Waals surface area contributed by atoms with E-state index in [0.717, 1.165) is 30.0 Å². The van der Waals surface area contributed by atoms with Crippen molar-refractivity contribution in [3.63, 3.8) is 0 Å². The third kappa shape index (κ3) is 7.93. The second kappa shape index (κ2) is 15.3. The van der Waals surface area contributed by atoms with Crippen LogP contribution in [0.15, 0.2) is 109 Å². The Balaban J connectivity index is 1.25. The minimum Gasteiger partial charge on any atom is -0.209 e. The van der Waals surface area contributed by atoms with Crippen LogP contribution >= 0.6 is 0 Å². The Bertz CT molecular complexity index is 1910. The van der Waals surface area contributed by atoms with Crippen LogP contribution in [-0.4, -0.2) is 0 Å². The molecule has 0 atom stereocenters. The summed E-state index contributed by atoms with van der Waals surface area (Å²) in [5.41, 5.74) is 2.40. The highest BCUT2D eigenvalue weighted by Gasteiger charge is 2.16. The molecule has 0 heterocycles. The van der Waals surface area contributed by atoms with Gasteiger partial charge < -0.3 is 0 Å². The molecule has 0 saturated carbocycles. The maximum Gasteiger partial charge on any atom is 0.194 e. The van der Waals surface area contributed by atoms with Crippen molar-refractivity contribution in [1.82, 2.24) is 0 Å². The zero-order valence-corrected chi connectivity index (χ0v) is 25.7. The van der Waals surface area contributed by atoms with E-state index in [1.165, 1.54) is 36.4 Å². The van der Waals surface area contributed by atoms with E-state index in [9.17, 15) is 26.3 Å². The largest absolute Gasteiger partial charge is 0.209 e. The number of aryl methyl sites for hydroxylation is 1. The molecule has 0 bridgehead atoms. The first-order valence-corrected chi connectivity index (χ1v) is 15.3. The van der Waals surface area contributed by atoms with Gasteiger partial charge in [0.2, 0.25) is 0 Å². The minimum atomic E-state index is -1.66. The van der Waals surface area contributed by atoms with Crippen molar-refractivity contribution in [3.8, 4) is 33.4 Å². The molecule has 0 amide bonds. The molecule has 5 rings (SSSR count). The summed E-state index contributed by atoms with van der Waals surface area (Å²) in [5.74, 6) is -8.60. The van der Waals surface area contributed by atoms with Gasteiger partial charge in [-0.15, -0.1) is 6.58 Å². The topological polar surface area (TPSA) is 0 Å². The third-order valence-corrected chi connectivity index (χ3v) is 8.12. The Labute approximate surface area is 273 Å².